The van der Waals surface area contributed by atoms with Crippen LogP contribution in [-0.2, 0) is 27.3 Å². The summed E-state index contributed by atoms with van der Waals surface area (Å²) in [4.78, 5) is 49.0. The van der Waals surface area contributed by atoms with Crippen LogP contribution in [0.25, 0.3) is 11.1 Å². The van der Waals surface area contributed by atoms with Gasteiger partial charge in [-0.1, -0.05) is 97.7 Å². The number of anilines is 1. The predicted molar refractivity (Wildman–Crippen MR) is 209 cm³/mol. The van der Waals surface area contributed by atoms with Crippen molar-refractivity contribution in [2.24, 2.45) is 11.1 Å². The van der Waals surface area contributed by atoms with Crippen LogP contribution in [0.15, 0.2) is 108 Å². The van der Waals surface area contributed by atoms with Crippen LogP contribution in [0.5, 0.6) is 0 Å². The Hall–Kier alpha value is -5.70. The molecule has 1 fully saturated rings. The van der Waals surface area contributed by atoms with Crippen LogP contribution in [0.4, 0.5) is 5.69 Å². The molecule has 53 heavy (non-hydrogen) atoms. The molecule has 0 radical (unpaired) electrons. The fraction of sp³-hybridized carbons (Fsp3) is 0.318. The van der Waals surface area contributed by atoms with E-state index in [9.17, 15) is 19.5 Å². The zero-order chi connectivity index (χ0) is 37.5. The number of carbonyl (C=O) groups is 3. The molecule has 1 saturated heterocycles. The molecule has 2 amide bonds. The van der Waals surface area contributed by atoms with Crippen LogP contribution in [0.3, 0.4) is 0 Å². The van der Waals surface area contributed by atoms with Crippen molar-refractivity contribution in [3.63, 3.8) is 0 Å². The largest absolute Gasteiger partial charge is 0.480 e. The van der Waals surface area contributed by atoms with Crippen LogP contribution < -0.4 is 10.2 Å². The van der Waals surface area contributed by atoms with E-state index in [0.29, 0.717) is 25.1 Å². The SMILES string of the molecule is CCCc1ccc(N2CCN(C(=O)C3=CCC(C)C(c4ccc(CC(NC(=O)c5cccc(-c6ccc(C)cc6)c5)C(=O)O)cc4C)=NO3)CC2)cc1. The fourth-order valence-electron chi connectivity index (χ4n) is 6.95. The lowest BCUT2D eigenvalue weighted by molar-refractivity contribution is -0.139. The molecule has 2 aliphatic rings. The number of benzene rings is 4. The number of aryl methyl sites for hydroxylation is 3. The number of carbonyl (C=O) groups excluding carboxylic acids is 2. The highest BCUT2D eigenvalue weighted by atomic mass is 16.6. The fourth-order valence-corrected chi connectivity index (χ4v) is 6.95. The predicted octanol–water partition coefficient (Wildman–Crippen LogP) is 7.34. The van der Waals surface area contributed by atoms with Gasteiger partial charge in [0, 0.05) is 55.3 Å². The average molecular weight is 713 g/mol. The van der Waals surface area contributed by atoms with Crippen molar-refractivity contribution >= 4 is 29.2 Å². The zero-order valence-electron chi connectivity index (χ0n) is 31.0. The Morgan fingerprint density at radius 1 is 0.887 bits per heavy atom. The van der Waals surface area contributed by atoms with Crippen LogP contribution >= 0.6 is 0 Å². The molecular formula is C44H48N4O5. The van der Waals surface area contributed by atoms with Crippen LogP contribution in [0.2, 0.25) is 0 Å². The Kier molecular flexibility index (Phi) is 11.7. The second-order valence-electron chi connectivity index (χ2n) is 14.1. The summed E-state index contributed by atoms with van der Waals surface area (Å²) in [7, 11) is 0. The van der Waals surface area contributed by atoms with Gasteiger partial charge < -0.3 is 25.1 Å². The summed E-state index contributed by atoms with van der Waals surface area (Å²) in [6.07, 6.45) is 4.73. The van der Waals surface area contributed by atoms with Gasteiger partial charge in [-0.3, -0.25) is 9.59 Å². The van der Waals surface area contributed by atoms with Gasteiger partial charge in [-0.2, -0.15) is 0 Å². The number of rotatable bonds is 11. The minimum atomic E-state index is -1.13. The number of carboxylic acid groups (broad SMARTS) is 1. The maximum atomic E-state index is 13.5. The Balaban J connectivity index is 1.07. The number of hydrogen-bond acceptors (Lipinski definition) is 6. The number of amides is 2. The number of carboxylic acids is 1. The Bertz CT molecular complexity index is 2010. The van der Waals surface area contributed by atoms with Crippen molar-refractivity contribution in [3.05, 3.63) is 136 Å². The maximum Gasteiger partial charge on any atom is 0.326 e. The Morgan fingerprint density at radius 3 is 2.28 bits per heavy atom. The molecule has 0 aliphatic carbocycles. The van der Waals surface area contributed by atoms with Crippen molar-refractivity contribution in [1.29, 1.82) is 0 Å². The van der Waals surface area contributed by atoms with E-state index in [1.54, 1.807) is 18.2 Å². The Morgan fingerprint density at radius 2 is 1.60 bits per heavy atom. The van der Waals surface area contributed by atoms with E-state index in [1.807, 2.05) is 80.3 Å². The molecule has 274 valence electrons. The van der Waals surface area contributed by atoms with Crippen molar-refractivity contribution in [1.82, 2.24) is 10.2 Å². The third-order valence-electron chi connectivity index (χ3n) is 10.1. The van der Waals surface area contributed by atoms with Crippen molar-refractivity contribution in [2.75, 3.05) is 31.1 Å². The lowest BCUT2D eigenvalue weighted by Crippen LogP contribution is -2.49. The highest BCUT2D eigenvalue weighted by molar-refractivity contribution is 6.04. The molecule has 9 nitrogen and oxygen atoms in total. The third-order valence-corrected chi connectivity index (χ3v) is 10.1. The van der Waals surface area contributed by atoms with E-state index in [4.69, 9.17) is 4.84 Å². The quantitative estimate of drug-likeness (QED) is 0.168. The molecule has 2 N–H and O–H groups in total. The molecule has 4 aromatic carbocycles. The van der Waals surface area contributed by atoms with E-state index >= 15 is 0 Å². The number of nitrogens with zero attached hydrogens (tertiary/aromatic N) is 3. The molecule has 6 rings (SSSR count). The van der Waals surface area contributed by atoms with E-state index in [0.717, 1.165) is 65.0 Å². The van der Waals surface area contributed by atoms with E-state index in [-0.39, 0.29) is 24.0 Å². The summed E-state index contributed by atoms with van der Waals surface area (Å²) in [6.45, 7) is 10.9. The highest BCUT2D eigenvalue weighted by Crippen LogP contribution is 2.26. The monoisotopic (exact) mass is 712 g/mol. The number of aliphatic carboxylic acids is 1. The van der Waals surface area contributed by atoms with Gasteiger partial charge in [-0.25, -0.2) is 4.79 Å². The highest BCUT2D eigenvalue weighted by Gasteiger charge is 2.28. The van der Waals surface area contributed by atoms with Gasteiger partial charge in [0.15, 0.2) is 0 Å². The Labute approximate surface area is 312 Å². The molecule has 9 heteroatoms. The van der Waals surface area contributed by atoms with E-state index < -0.39 is 17.9 Å². The summed E-state index contributed by atoms with van der Waals surface area (Å²) in [5.41, 5.74) is 9.15. The van der Waals surface area contributed by atoms with Gasteiger partial charge in [0.05, 0.1) is 5.71 Å². The third kappa shape index (κ3) is 9.03. The standard InChI is InChI=1S/C44H48N4O5/c1-5-7-32-13-18-37(19-14-32)47-22-24-48(25-23-47)43(50)40-21-12-30(3)41(46-53-40)38-20-15-33(26-31(38)4)27-39(44(51)52)45-42(49)36-9-6-8-35(28-36)34-16-10-29(2)11-17-34/h6,8-11,13-21,26,28,30,39H,5,7,12,22-25,27H2,1-4H3,(H,45,49)(H,51,52). The first-order valence-corrected chi connectivity index (χ1v) is 18.5. The molecule has 0 aromatic heterocycles. The first-order chi connectivity index (χ1) is 25.6. The average Bonchev–Trinajstić information content (AvgIpc) is 3.36. The molecule has 2 heterocycles. The second-order valence-corrected chi connectivity index (χ2v) is 14.1. The normalized spacial score (nSPS) is 16.5. The number of nitrogens with one attached hydrogen (secondary N) is 1. The molecule has 0 bridgehead atoms. The number of piperazine rings is 1. The van der Waals surface area contributed by atoms with Crippen molar-refractivity contribution < 1.29 is 24.3 Å². The smallest absolute Gasteiger partial charge is 0.326 e. The van der Waals surface area contributed by atoms with Crippen LogP contribution in [-0.4, -0.2) is 65.7 Å². The van der Waals surface area contributed by atoms with Crippen molar-refractivity contribution in [3.8, 4) is 11.1 Å². The first kappa shape index (κ1) is 37.1. The van der Waals surface area contributed by atoms with Gasteiger partial charge in [0.1, 0.15) is 6.04 Å². The molecule has 2 atom stereocenters. The van der Waals surface area contributed by atoms with Gasteiger partial charge in [0.25, 0.3) is 11.8 Å². The van der Waals surface area contributed by atoms with Gasteiger partial charge >= 0.3 is 5.97 Å². The molecule has 0 spiro atoms. The lowest BCUT2D eigenvalue weighted by atomic mass is 9.90. The number of allylic oxidation sites excluding steroid dienone is 1. The van der Waals surface area contributed by atoms with Crippen LogP contribution in [0.1, 0.15) is 64.9 Å². The summed E-state index contributed by atoms with van der Waals surface area (Å²) in [6, 6.07) is 28.5. The zero-order valence-corrected chi connectivity index (χ0v) is 31.0. The number of hydrogen-bond donors (Lipinski definition) is 2. The summed E-state index contributed by atoms with van der Waals surface area (Å²) >= 11 is 0. The molecular weight excluding hydrogens is 665 g/mol. The van der Waals surface area contributed by atoms with Crippen molar-refractivity contribution in [2.45, 2.75) is 59.4 Å². The van der Waals surface area contributed by atoms with Gasteiger partial charge in [-0.05, 0) is 84.8 Å². The second kappa shape index (κ2) is 16.8. The first-order valence-electron chi connectivity index (χ1n) is 18.5. The molecule has 2 aliphatic heterocycles. The summed E-state index contributed by atoms with van der Waals surface area (Å²) < 4.78 is 0. The molecule has 4 aromatic rings. The van der Waals surface area contributed by atoms with Gasteiger partial charge in [0.2, 0.25) is 5.76 Å². The molecule has 0 saturated carbocycles. The minimum Gasteiger partial charge on any atom is -0.480 e. The molecule has 2 unspecified atom stereocenters. The summed E-state index contributed by atoms with van der Waals surface area (Å²) in [5.74, 6) is -1.50. The summed E-state index contributed by atoms with van der Waals surface area (Å²) in [5, 5.41) is 17.2. The van der Waals surface area contributed by atoms with Crippen LogP contribution in [0, 0.1) is 19.8 Å². The van der Waals surface area contributed by atoms with E-state index in [1.165, 1.54) is 11.3 Å². The maximum absolute atomic E-state index is 13.5. The number of oxime groups is 1. The van der Waals surface area contributed by atoms with E-state index in [2.05, 4.69) is 46.6 Å². The minimum absolute atomic E-state index is 0.0147. The topological polar surface area (TPSA) is 112 Å². The van der Waals surface area contributed by atoms with Gasteiger partial charge in [-0.15, -0.1) is 0 Å². The lowest BCUT2D eigenvalue weighted by Gasteiger charge is -2.36.